The van der Waals surface area contributed by atoms with Crippen molar-refractivity contribution in [2.45, 2.75) is 26.8 Å². The first-order chi connectivity index (χ1) is 10.3. The average molecular weight is 307 g/mol. The predicted octanol–water partition coefficient (Wildman–Crippen LogP) is -0.404. The Morgan fingerprint density at radius 1 is 1.27 bits per heavy atom. The van der Waals surface area contributed by atoms with Gasteiger partial charge in [-0.05, 0) is 12.3 Å². The van der Waals surface area contributed by atoms with Crippen molar-refractivity contribution in [3.05, 3.63) is 27.2 Å². The molecule has 0 saturated carbocycles. The molecule has 1 N–H and O–H groups in total. The summed E-state index contributed by atoms with van der Waals surface area (Å²) < 4.78 is 3.78. The highest BCUT2D eigenvalue weighted by Gasteiger charge is 2.15. The highest BCUT2D eigenvalue weighted by atomic mass is 16.2. The second-order valence-electron chi connectivity index (χ2n) is 5.78. The lowest BCUT2D eigenvalue weighted by Gasteiger charge is -2.09. The quantitative estimate of drug-likeness (QED) is 0.813. The van der Waals surface area contributed by atoms with Crippen LogP contribution in [0.1, 0.15) is 20.3 Å². The number of aryl methyl sites for hydroxylation is 1. The van der Waals surface area contributed by atoms with Crippen molar-refractivity contribution < 1.29 is 4.79 Å². The third-order valence-corrected chi connectivity index (χ3v) is 3.58. The molecule has 8 nitrogen and oxygen atoms in total. The van der Waals surface area contributed by atoms with Crippen molar-refractivity contribution >= 4 is 17.1 Å². The molecular formula is C14H21N5O3. The minimum Gasteiger partial charge on any atom is -0.355 e. The van der Waals surface area contributed by atoms with Crippen molar-refractivity contribution in [1.82, 2.24) is 24.0 Å². The van der Waals surface area contributed by atoms with Gasteiger partial charge in [0.2, 0.25) is 5.91 Å². The van der Waals surface area contributed by atoms with Crippen molar-refractivity contribution in [2.24, 2.45) is 20.0 Å². The maximum Gasteiger partial charge on any atom is 0.332 e. The van der Waals surface area contributed by atoms with Gasteiger partial charge in [0.25, 0.3) is 5.56 Å². The smallest absolute Gasteiger partial charge is 0.332 e. The number of fused-ring (bicyclic) bond motifs is 1. The summed E-state index contributed by atoms with van der Waals surface area (Å²) in [6.07, 6.45) is 2.31. The van der Waals surface area contributed by atoms with Gasteiger partial charge in [0.1, 0.15) is 6.54 Å². The van der Waals surface area contributed by atoms with Gasteiger partial charge in [-0.1, -0.05) is 13.8 Å². The van der Waals surface area contributed by atoms with Crippen LogP contribution in [0.15, 0.2) is 15.9 Å². The molecule has 0 bridgehead atoms. The van der Waals surface area contributed by atoms with Crippen LogP contribution in [0.5, 0.6) is 0 Å². The van der Waals surface area contributed by atoms with Gasteiger partial charge < -0.3 is 9.88 Å². The fourth-order valence-corrected chi connectivity index (χ4v) is 2.23. The van der Waals surface area contributed by atoms with E-state index >= 15 is 0 Å². The number of amides is 1. The van der Waals surface area contributed by atoms with E-state index in [0.29, 0.717) is 12.5 Å². The molecule has 120 valence electrons. The van der Waals surface area contributed by atoms with E-state index in [4.69, 9.17) is 0 Å². The molecule has 0 aliphatic carbocycles. The van der Waals surface area contributed by atoms with Crippen LogP contribution in [0.4, 0.5) is 0 Å². The Kier molecular flexibility index (Phi) is 4.48. The highest BCUT2D eigenvalue weighted by Crippen LogP contribution is 2.05. The molecule has 0 aromatic carbocycles. The molecule has 2 rings (SSSR count). The first-order valence-corrected chi connectivity index (χ1v) is 7.20. The van der Waals surface area contributed by atoms with Crippen LogP contribution >= 0.6 is 0 Å². The molecule has 0 fully saturated rings. The SMILES string of the molecule is CC(C)CCNC(=O)Cn1cnc2c1c(=O)n(C)c(=O)n2C. The standard InChI is InChI=1S/C14H21N5O3/c1-9(2)5-6-15-10(20)7-19-8-16-12-11(19)13(21)18(4)14(22)17(12)3/h8-9H,5-7H2,1-4H3,(H,15,20). The zero-order chi connectivity index (χ0) is 16.4. The highest BCUT2D eigenvalue weighted by molar-refractivity contribution is 5.78. The molecule has 0 radical (unpaired) electrons. The summed E-state index contributed by atoms with van der Waals surface area (Å²) in [6, 6.07) is 0. The van der Waals surface area contributed by atoms with Gasteiger partial charge in [0.05, 0.1) is 6.33 Å². The Morgan fingerprint density at radius 3 is 2.59 bits per heavy atom. The van der Waals surface area contributed by atoms with E-state index < -0.39 is 11.2 Å². The van der Waals surface area contributed by atoms with Gasteiger partial charge in [-0.3, -0.25) is 18.7 Å². The van der Waals surface area contributed by atoms with Gasteiger partial charge in [0, 0.05) is 20.6 Å². The minimum atomic E-state index is -0.453. The number of nitrogens with one attached hydrogen (secondary N) is 1. The summed E-state index contributed by atoms with van der Waals surface area (Å²) in [6.45, 7) is 4.77. The summed E-state index contributed by atoms with van der Waals surface area (Å²) in [5.41, 5.74) is -0.360. The Labute approximate surface area is 127 Å². The molecule has 0 aliphatic rings. The molecule has 2 heterocycles. The van der Waals surface area contributed by atoms with Crippen molar-refractivity contribution in [3.63, 3.8) is 0 Å². The van der Waals surface area contributed by atoms with Crippen molar-refractivity contribution in [2.75, 3.05) is 6.54 Å². The third-order valence-electron chi connectivity index (χ3n) is 3.58. The lowest BCUT2D eigenvalue weighted by molar-refractivity contribution is -0.121. The number of aromatic nitrogens is 4. The number of nitrogens with zero attached hydrogens (tertiary/aromatic N) is 4. The maximum absolute atomic E-state index is 12.2. The normalized spacial score (nSPS) is 11.3. The number of hydrogen-bond donors (Lipinski definition) is 1. The second kappa shape index (κ2) is 6.17. The van der Waals surface area contributed by atoms with Gasteiger partial charge >= 0.3 is 5.69 Å². The first kappa shape index (κ1) is 16.0. The van der Waals surface area contributed by atoms with E-state index in [9.17, 15) is 14.4 Å². The van der Waals surface area contributed by atoms with Crippen LogP contribution in [0.3, 0.4) is 0 Å². The fourth-order valence-electron chi connectivity index (χ4n) is 2.23. The monoisotopic (exact) mass is 307 g/mol. The van der Waals surface area contributed by atoms with E-state index in [0.717, 1.165) is 11.0 Å². The molecule has 1 amide bonds. The summed E-state index contributed by atoms with van der Waals surface area (Å²) in [7, 11) is 2.95. The lowest BCUT2D eigenvalue weighted by Crippen LogP contribution is -2.38. The fraction of sp³-hybridized carbons (Fsp3) is 0.571. The Balaban J connectivity index is 2.28. The van der Waals surface area contributed by atoms with E-state index in [1.807, 2.05) is 0 Å². The number of carbonyl (C=O) groups is 1. The predicted molar refractivity (Wildman–Crippen MR) is 82.7 cm³/mol. The molecule has 2 aromatic rings. The summed E-state index contributed by atoms with van der Waals surface area (Å²) in [4.78, 5) is 40.1. The van der Waals surface area contributed by atoms with Crippen molar-refractivity contribution in [3.8, 4) is 0 Å². The van der Waals surface area contributed by atoms with E-state index in [-0.39, 0.29) is 23.6 Å². The third kappa shape index (κ3) is 2.95. The van der Waals surface area contributed by atoms with Gasteiger partial charge in [-0.15, -0.1) is 0 Å². The lowest BCUT2D eigenvalue weighted by atomic mass is 10.1. The molecule has 0 aliphatic heterocycles. The molecular weight excluding hydrogens is 286 g/mol. The van der Waals surface area contributed by atoms with E-state index in [2.05, 4.69) is 24.1 Å². The number of carbonyl (C=O) groups excluding carboxylic acids is 1. The van der Waals surface area contributed by atoms with Crippen LogP contribution in [-0.4, -0.2) is 31.1 Å². The van der Waals surface area contributed by atoms with Crippen molar-refractivity contribution in [1.29, 1.82) is 0 Å². The van der Waals surface area contributed by atoms with E-state index in [1.54, 1.807) is 7.05 Å². The number of hydrogen-bond acceptors (Lipinski definition) is 4. The zero-order valence-corrected chi connectivity index (χ0v) is 13.3. The van der Waals surface area contributed by atoms with Crippen LogP contribution < -0.4 is 16.6 Å². The van der Waals surface area contributed by atoms with Crippen LogP contribution in [0.25, 0.3) is 11.2 Å². The molecule has 8 heteroatoms. The van der Waals surface area contributed by atoms with Gasteiger partial charge in [0.15, 0.2) is 11.2 Å². The van der Waals surface area contributed by atoms with Crippen LogP contribution in [-0.2, 0) is 25.4 Å². The molecule has 0 unspecified atom stereocenters. The molecule has 2 aromatic heterocycles. The molecule has 22 heavy (non-hydrogen) atoms. The van der Waals surface area contributed by atoms with Gasteiger partial charge in [-0.2, -0.15) is 0 Å². The topological polar surface area (TPSA) is 90.9 Å². The minimum absolute atomic E-state index is 0.00202. The molecule has 0 spiro atoms. The Morgan fingerprint density at radius 2 is 1.95 bits per heavy atom. The summed E-state index contributed by atoms with van der Waals surface area (Å²) >= 11 is 0. The van der Waals surface area contributed by atoms with Gasteiger partial charge in [-0.25, -0.2) is 9.78 Å². The molecule has 0 saturated heterocycles. The largest absolute Gasteiger partial charge is 0.355 e. The average Bonchev–Trinajstić information content (AvgIpc) is 2.86. The first-order valence-electron chi connectivity index (χ1n) is 7.20. The summed E-state index contributed by atoms with van der Waals surface area (Å²) in [5.74, 6) is 0.326. The van der Waals surface area contributed by atoms with Crippen LogP contribution in [0.2, 0.25) is 0 Å². The number of imidazole rings is 1. The summed E-state index contributed by atoms with van der Waals surface area (Å²) in [5, 5.41) is 2.81. The number of rotatable bonds is 5. The Hall–Kier alpha value is -2.38. The Bertz CT molecular complexity index is 812. The second-order valence-corrected chi connectivity index (χ2v) is 5.78. The maximum atomic E-state index is 12.2. The van der Waals surface area contributed by atoms with E-state index in [1.165, 1.54) is 22.5 Å². The molecule has 0 atom stereocenters. The zero-order valence-electron chi connectivity index (χ0n) is 13.3. The van der Waals surface area contributed by atoms with Crippen LogP contribution in [0, 0.1) is 5.92 Å².